The predicted molar refractivity (Wildman–Crippen MR) is 125 cm³/mol. The number of halogens is 2. The van der Waals surface area contributed by atoms with Crippen molar-refractivity contribution in [3.8, 4) is 22.6 Å². The van der Waals surface area contributed by atoms with Crippen molar-refractivity contribution in [3.05, 3.63) is 75.8 Å². The summed E-state index contributed by atoms with van der Waals surface area (Å²) in [6, 6.07) is 16.8. The highest BCUT2D eigenvalue weighted by Gasteiger charge is 2.24. The lowest BCUT2D eigenvalue weighted by atomic mass is 9.94. The summed E-state index contributed by atoms with van der Waals surface area (Å²) in [6.07, 6.45) is 0. The Morgan fingerprint density at radius 3 is 2.23 bits per heavy atom. The van der Waals surface area contributed by atoms with Crippen molar-refractivity contribution in [1.29, 1.82) is 0 Å². The first kappa shape index (κ1) is 21.2. The van der Waals surface area contributed by atoms with Crippen LogP contribution in [0.15, 0.2) is 59.6 Å². The molecule has 158 valence electrons. The van der Waals surface area contributed by atoms with Crippen molar-refractivity contribution in [2.75, 3.05) is 32.7 Å². The Balaban J connectivity index is 1.96. The lowest BCUT2D eigenvalue weighted by molar-refractivity contribution is -0.116. The lowest BCUT2D eigenvalue weighted by Gasteiger charge is -2.20. The molecule has 0 spiro atoms. The Morgan fingerprint density at radius 2 is 1.58 bits per heavy atom. The molecule has 31 heavy (non-hydrogen) atoms. The zero-order valence-electron chi connectivity index (χ0n) is 17.3. The average molecular weight is 455 g/mol. The molecule has 0 N–H and O–H groups in total. The number of ether oxygens (including phenoxy) is 2. The quantitative estimate of drug-likeness (QED) is 0.523. The summed E-state index contributed by atoms with van der Waals surface area (Å²) in [5, 5.41) is 0.885. The van der Waals surface area contributed by atoms with E-state index in [2.05, 4.69) is 4.99 Å². The highest BCUT2D eigenvalue weighted by atomic mass is 35.5. The van der Waals surface area contributed by atoms with Gasteiger partial charge in [-0.3, -0.25) is 9.79 Å². The van der Waals surface area contributed by atoms with Gasteiger partial charge in [0.25, 0.3) is 0 Å². The van der Waals surface area contributed by atoms with Crippen molar-refractivity contribution < 1.29 is 14.3 Å². The fourth-order valence-electron chi connectivity index (χ4n) is 3.67. The molecule has 1 aliphatic rings. The summed E-state index contributed by atoms with van der Waals surface area (Å²) in [5.41, 5.74) is 4.71. The summed E-state index contributed by atoms with van der Waals surface area (Å²) in [6.45, 7) is 0.0358. The maximum absolute atomic E-state index is 12.6. The zero-order chi connectivity index (χ0) is 22.1. The number of benzene rings is 3. The van der Waals surface area contributed by atoms with Crippen LogP contribution in [-0.2, 0) is 4.79 Å². The molecule has 0 atom stereocenters. The van der Waals surface area contributed by atoms with Crippen molar-refractivity contribution in [2.45, 2.75) is 0 Å². The fraction of sp³-hybridized carbons (Fsp3) is 0.167. The molecule has 0 aliphatic carbocycles. The van der Waals surface area contributed by atoms with Gasteiger partial charge in [0.1, 0.15) is 18.0 Å². The van der Waals surface area contributed by atoms with E-state index in [4.69, 9.17) is 32.7 Å². The van der Waals surface area contributed by atoms with E-state index in [0.717, 1.165) is 27.9 Å². The molecule has 1 aliphatic heterocycles. The minimum Gasteiger partial charge on any atom is -0.496 e. The largest absolute Gasteiger partial charge is 0.496 e. The number of hydrogen-bond acceptors (Lipinski definition) is 4. The Labute approximate surface area is 190 Å². The van der Waals surface area contributed by atoms with E-state index in [1.165, 1.54) is 0 Å². The summed E-state index contributed by atoms with van der Waals surface area (Å²) in [5.74, 6) is 1.27. The molecule has 3 aromatic rings. The first-order chi connectivity index (χ1) is 14.9. The summed E-state index contributed by atoms with van der Waals surface area (Å²) >= 11 is 12.4. The third-order valence-electron chi connectivity index (χ3n) is 5.27. The van der Waals surface area contributed by atoms with Crippen molar-refractivity contribution in [3.63, 3.8) is 0 Å². The van der Waals surface area contributed by atoms with E-state index >= 15 is 0 Å². The molecule has 0 unspecified atom stereocenters. The smallest absolute Gasteiger partial charge is 0.248 e. The fourth-order valence-corrected chi connectivity index (χ4v) is 3.97. The summed E-state index contributed by atoms with van der Waals surface area (Å²) in [7, 11) is 4.99. The first-order valence-corrected chi connectivity index (χ1v) is 10.3. The highest BCUT2D eigenvalue weighted by molar-refractivity contribution is 6.42. The van der Waals surface area contributed by atoms with E-state index in [1.54, 1.807) is 38.3 Å². The van der Waals surface area contributed by atoms with E-state index < -0.39 is 0 Å². The molecule has 0 saturated heterocycles. The van der Waals surface area contributed by atoms with E-state index in [9.17, 15) is 4.79 Å². The molecule has 7 heteroatoms. The molecule has 0 bridgehead atoms. The molecule has 0 fully saturated rings. The number of benzodiazepines with no additional fused rings is 1. The molecule has 0 radical (unpaired) electrons. The first-order valence-electron chi connectivity index (χ1n) is 9.56. The van der Waals surface area contributed by atoms with Crippen LogP contribution in [0.1, 0.15) is 11.1 Å². The van der Waals surface area contributed by atoms with Gasteiger partial charge >= 0.3 is 0 Å². The molecule has 1 heterocycles. The average Bonchev–Trinajstić information content (AvgIpc) is 2.91. The van der Waals surface area contributed by atoms with Crippen LogP contribution in [-0.4, -0.2) is 39.4 Å². The minimum absolute atomic E-state index is 0.0358. The third-order valence-corrected chi connectivity index (χ3v) is 6.01. The normalized spacial score (nSPS) is 13.4. The minimum atomic E-state index is -0.0982. The van der Waals surface area contributed by atoms with E-state index in [1.807, 2.05) is 42.5 Å². The number of fused-ring (bicyclic) bond motifs is 1. The van der Waals surface area contributed by atoms with Gasteiger partial charge in [0.2, 0.25) is 5.91 Å². The maximum Gasteiger partial charge on any atom is 0.248 e. The van der Waals surface area contributed by atoms with Gasteiger partial charge in [0.05, 0.1) is 41.2 Å². The highest BCUT2D eigenvalue weighted by Crippen LogP contribution is 2.40. The third kappa shape index (κ3) is 3.87. The zero-order valence-corrected chi connectivity index (χ0v) is 18.8. The van der Waals surface area contributed by atoms with Crippen molar-refractivity contribution in [2.24, 2.45) is 4.99 Å². The second-order valence-electron chi connectivity index (χ2n) is 7.02. The van der Waals surface area contributed by atoms with Crippen LogP contribution in [0, 0.1) is 0 Å². The van der Waals surface area contributed by atoms with Crippen LogP contribution < -0.4 is 14.4 Å². The van der Waals surface area contributed by atoms with Gasteiger partial charge in [0, 0.05) is 18.2 Å². The van der Waals surface area contributed by atoms with Crippen LogP contribution in [0.25, 0.3) is 11.1 Å². The van der Waals surface area contributed by atoms with E-state index in [-0.39, 0.29) is 12.5 Å². The number of methoxy groups -OCH3 is 2. The second-order valence-corrected chi connectivity index (χ2v) is 7.83. The molecule has 5 nitrogen and oxygen atoms in total. The number of hydrogen-bond donors (Lipinski definition) is 0. The number of likely N-dealkylation sites (N-methyl/N-ethyl adjacent to an activating group) is 1. The molecule has 0 aromatic heterocycles. The number of aliphatic imine (C=N–C) groups is 1. The topological polar surface area (TPSA) is 51.1 Å². The van der Waals surface area contributed by atoms with Gasteiger partial charge in [-0.25, -0.2) is 0 Å². The molecule has 4 rings (SSSR count). The van der Waals surface area contributed by atoms with Crippen LogP contribution in [0.2, 0.25) is 10.0 Å². The van der Waals surface area contributed by atoms with Gasteiger partial charge in [-0.1, -0.05) is 41.4 Å². The Bertz CT molecular complexity index is 1190. The van der Waals surface area contributed by atoms with Crippen molar-refractivity contribution >= 4 is 40.5 Å². The number of amides is 1. The van der Waals surface area contributed by atoms with E-state index in [0.29, 0.717) is 27.3 Å². The SMILES string of the molecule is COc1cccc(OC)c1-c1ccc2c(c1)C(c1ccc(Cl)c(Cl)c1)=NCC(=O)N2C. The van der Waals surface area contributed by atoms with Crippen LogP contribution >= 0.6 is 23.2 Å². The van der Waals surface area contributed by atoms with Gasteiger partial charge in [0.15, 0.2) is 0 Å². The maximum atomic E-state index is 12.6. The summed E-state index contributed by atoms with van der Waals surface area (Å²) in [4.78, 5) is 18.8. The number of anilines is 1. The molecular formula is C24H20Cl2N2O3. The molecular weight excluding hydrogens is 435 g/mol. The Hall–Kier alpha value is -3.02. The van der Waals surface area contributed by atoms with Gasteiger partial charge in [-0.2, -0.15) is 0 Å². The predicted octanol–water partition coefficient (Wildman–Crippen LogP) is 5.49. The second kappa shape index (κ2) is 8.61. The standard InChI is InChI=1S/C24H20Cl2N2O3/c1-28-19-10-8-14(23-20(30-2)5-4-6-21(23)31-3)11-16(19)24(27-13-22(28)29)15-7-9-17(25)18(26)12-15/h4-12H,13H2,1-3H3. The van der Waals surface area contributed by atoms with Gasteiger partial charge in [-0.15, -0.1) is 0 Å². The molecule has 1 amide bonds. The monoisotopic (exact) mass is 454 g/mol. The number of nitrogens with zero attached hydrogens (tertiary/aromatic N) is 2. The summed E-state index contributed by atoms with van der Waals surface area (Å²) < 4.78 is 11.2. The van der Waals surface area contributed by atoms with Gasteiger partial charge in [-0.05, 0) is 42.0 Å². The van der Waals surface area contributed by atoms with Crippen molar-refractivity contribution in [1.82, 2.24) is 0 Å². The number of rotatable bonds is 4. The molecule has 0 saturated carbocycles. The van der Waals surface area contributed by atoms with Crippen LogP contribution in [0.5, 0.6) is 11.5 Å². The number of carbonyl (C=O) groups excluding carboxylic acids is 1. The Kier molecular flexibility index (Phi) is 5.90. The molecule has 3 aromatic carbocycles. The lowest BCUT2D eigenvalue weighted by Crippen LogP contribution is -2.27. The van der Waals surface area contributed by atoms with Crippen LogP contribution in [0.3, 0.4) is 0 Å². The van der Waals surface area contributed by atoms with Gasteiger partial charge < -0.3 is 14.4 Å². The Morgan fingerprint density at radius 1 is 0.903 bits per heavy atom. The number of carbonyl (C=O) groups is 1. The van der Waals surface area contributed by atoms with Crippen LogP contribution in [0.4, 0.5) is 5.69 Å².